The summed E-state index contributed by atoms with van der Waals surface area (Å²) in [4.78, 5) is 6.96. The Hall–Kier alpha value is -2.03. The molecule has 0 radical (unpaired) electrons. The second-order valence-electron chi connectivity index (χ2n) is 5.80. The molecule has 0 amide bonds. The van der Waals surface area contributed by atoms with Crippen molar-refractivity contribution in [2.24, 2.45) is 0 Å². The number of benzene rings is 1. The molecule has 0 saturated carbocycles. The lowest BCUT2D eigenvalue weighted by molar-refractivity contribution is 0.238. The highest BCUT2D eigenvalue weighted by molar-refractivity contribution is 7.71. The predicted molar refractivity (Wildman–Crippen MR) is 99.4 cm³/mol. The van der Waals surface area contributed by atoms with Crippen LogP contribution in [0.2, 0.25) is 0 Å². The SMILES string of the molecule is COc1ccc(Cc2nn(CN(C)Cc3csc(C)n3)c(=S)o2)cc1. The number of rotatable bonds is 7. The maximum Gasteiger partial charge on any atom is 0.288 e. The van der Waals surface area contributed by atoms with E-state index in [1.54, 1.807) is 23.1 Å². The Bertz CT molecular complexity index is 883. The zero-order chi connectivity index (χ0) is 17.8. The normalized spacial score (nSPS) is 11.2. The highest BCUT2D eigenvalue weighted by atomic mass is 32.1. The highest BCUT2D eigenvalue weighted by Crippen LogP contribution is 2.15. The zero-order valence-electron chi connectivity index (χ0n) is 14.4. The van der Waals surface area contributed by atoms with Gasteiger partial charge in [0, 0.05) is 11.9 Å². The average molecular weight is 377 g/mol. The number of thiazole rings is 1. The van der Waals surface area contributed by atoms with Crippen molar-refractivity contribution < 1.29 is 9.15 Å². The molecule has 0 fully saturated rings. The molecular formula is C17H20N4O2S2. The molecule has 8 heteroatoms. The molecule has 0 aliphatic heterocycles. The van der Waals surface area contributed by atoms with Gasteiger partial charge in [0.25, 0.3) is 4.84 Å². The van der Waals surface area contributed by atoms with Gasteiger partial charge in [0.1, 0.15) is 5.75 Å². The van der Waals surface area contributed by atoms with Gasteiger partial charge in [-0.15, -0.1) is 16.4 Å². The van der Waals surface area contributed by atoms with Crippen molar-refractivity contribution in [3.05, 3.63) is 56.6 Å². The summed E-state index contributed by atoms with van der Waals surface area (Å²) in [5.41, 5.74) is 2.15. The molecule has 3 aromatic rings. The van der Waals surface area contributed by atoms with Crippen LogP contribution in [0.1, 0.15) is 22.2 Å². The van der Waals surface area contributed by atoms with Gasteiger partial charge in [-0.2, -0.15) is 0 Å². The Morgan fingerprint density at radius 1 is 1.32 bits per heavy atom. The van der Waals surface area contributed by atoms with Crippen molar-refractivity contribution in [2.75, 3.05) is 14.2 Å². The second kappa shape index (κ2) is 7.90. The summed E-state index contributed by atoms with van der Waals surface area (Å²) in [7, 11) is 3.66. The standard InChI is InChI=1S/C17H20N4O2S2/c1-12-18-14(10-25-12)9-20(2)11-21-17(24)23-16(19-21)8-13-4-6-15(22-3)7-5-13/h4-7,10H,8-9,11H2,1-3H3. The van der Waals surface area contributed by atoms with E-state index in [0.29, 0.717) is 23.8 Å². The van der Waals surface area contributed by atoms with Gasteiger partial charge in [-0.25, -0.2) is 9.67 Å². The quantitative estimate of drug-likeness (QED) is 0.587. The number of methoxy groups -OCH3 is 1. The third kappa shape index (κ3) is 4.75. The van der Waals surface area contributed by atoms with Crippen molar-refractivity contribution in [3.8, 4) is 5.75 Å². The summed E-state index contributed by atoms with van der Waals surface area (Å²) in [6.07, 6.45) is 0.593. The van der Waals surface area contributed by atoms with E-state index < -0.39 is 0 Å². The largest absolute Gasteiger partial charge is 0.497 e. The van der Waals surface area contributed by atoms with Gasteiger partial charge >= 0.3 is 0 Å². The van der Waals surface area contributed by atoms with E-state index in [1.807, 2.05) is 38.2 Å². The van der Waals surface area contributed by atoms with Gasteiger partial charge < -0.3 is 9.15 Å². The van der Waals surface area contributed by atoms with Crippen LogP contribution in [0.4, 0.5) is 0 Å². The van der Waals surface area contributed by atoms with Crippen LogP contribution in [-0.2, 0) is 19.6 Å². The van der Waals surface area contributed by atoms with Crippen LogP contribution in [0.25, 0.3) is 0 Å². The van der Waals surface area contributed by atoms with Gasteiger partial charge in [0.05, 0.1) is 30.9 Å². The van der Waals surface area contributed by atoms with Gasteiger partial charge in [-0.05, 0) is 43.9 Å². The van der Waals surface area contributed by atoms with Crippen LogP contribution in [0.5, 0.6) is 5.75 Å². The van der Waals surface area contributed by atoms with Gasteiger partial charge in [0.2, 0.25) is 5.89 Å². The molecule has 0 unspecified atom stereocenters. The molecule has 0 aliphatic carbocycles. The van der Waals surface area contributed by atoms with Gasteiger partial charge in [-0.3, -0.25) is 4.90 Å². The fraction of sp³-hybridized carbons (Fsp3) is 0.353. The first-order chi connectivity index (χ1) is 12.0. The third-order valence-corrected chi connectivity index (χ3v) is 4.75. The molecular weight excluding hydrogens is 356 g/mol. The van der Waals surface area contributed by atoms with E-state index in [4.69, 9.17) is 21.4 Å². The first-order valence-corrected chi connectivity index (χ1v) is 9.11. The zero-order valence-corrected chi connectivity index (χ0v) is 16.1. The van der Waals surface area contributed by atoms with E-state index >= 15 is 0 Å². The molecule has 2 aromatic heterocycles. The van der Waals surface area contributed by atoms with Crippen LogP contribution in [0.3, 0.4) is 0 Å². The number of aryl methyl sites for hydroxylation is 1. The lowest BCUT2D eigenvalue weighted by Crippen LogP contribution is -2.22. The molecule has 1 aromatic carbocycles. The highest BCUT2D eigenvalue weighted by Gasteiger charge is 2.10. The maximum absolute atomic E-state index is 5.63. The Kier molecular flexibility index (Phi) is 5.62. The minimum absolute atomic E-state index is 0.379. The van der Waals surface area contributed by atoms with Crippen molar-refractivity contribution in [2.45, 2.75) is 26.6 Å². The lowest BCUT2D eigenvalue weighted by atomic mass is 10.1. The molecule has 6 nitrogen and oxygen atoms in total. The summed E-state index contributed by atoms with van der Waals surface area (Å²) in [5.74, 6) is 1.43. The van der Waals surface area contributed by atoms with Crippen molar-refractivity contribution in [1.82, 2.24) is 19.7 Å². The monoisotopic (exact) mass is 376 g/mol. The maximum atomic E-state index is 5.63. The number of hydrogen-bond donors (Lipinski definition) is 0. The summed E-state index contributed by atoms with van der Waals surface area (Å²) in [6, 6.07) is 7.83. The summed E-state index contributed by atoms with van der Waals surface area (Å²) >= 11 is 6.94. The molecule has 0 aliphatic rings. The molecule has 0 atom stereocenters. The predicted octanol–water partition coefficient (Wildman–Crippen LogP) is 3.66. The van der Waals surface area contributed by atoms with Crippen LogP contribution < -0.4 is 4.74 Å². The molecule has 0 saturated heterocycles. The van der Waals surface area contributed by atoms with E-state index in [2.05, 4.69) is 20.4 Å². The van der Waals surface area contributed by atoms with Crippen molar-refractivity contribution in [3.63, 3.8) is 0 Å². The van der Waals surface area contributed by atoms with E-state index in [-0.39, 0.29) is 0 Å². The Morgan fingerprint density at radius 2 is 2.08 bits per heavy atom. The minimum Gasteiger partial charge on any atom is -0.497 e. The first kappa shape index (κ1) is 17.8. The molecule has 2 heterocycles. The molecule has 0 N–H and O–H groups in total. The number of nitrogens with zero attached hydrogens (tertiary/aromatic N) is 4. The summed E-state index contributed by atoms with van der Waals surface area (Å²) in [6.45, 7) is 3.31. The summed E-state index contributed by atoms with van der Waals surface area (Å²) < 4.78 is 12.5. The molecule has 0 bridgehead atoms. The fourth-order valence-electron chi connectivity index (χ4n) is 2.46. The third-order valence-electron chi connectivity index (χ3n) is 3.64. The fourth-order valence-corrected chi connectivity index (χ4v) is 3.26. The topological polar surface area (TPSA) is 56.3 Å². The number of hydrogen-bond acceptors (Lipinski definition) is 7. The lowest BCUT2D eigenvalue weighted by Gasteiger charge is -2.14. The minimum atomic E-state index is 0.379. The Labute approximate surface area is 155 Å². The van der Waals surface area contributed by atoms with Crippen LogP contribution >= 0.6 is 23.6 Å². The molecule has 3 rings (SSSR count). The van der Waals surface area contributed by atoms with Crippen LogP contribution in [0.15, 0.2) is 34.1 Å². The molecule has 132 valence electrons. The Balaban J connectivity index is 1.64. The van der Waals surface area contributed by atoms with Crippen molar-refractivity contribution in [1.29, 1.82) is 0 Å². The molecule has 0 spiro atoms. The second-order valence-corrected chi connectivity index (χ2v) is 7.21. The number of aromatic nitrogens is 3. The molecule has 25 heavy (non-hydrogen) atoms. The number of ether oxygens (including phenoxy) is 1. The Morgan fingerprint density at radius 3 is 2.72 bits per heavy atom. The van der Waals surface area contributed by atoms with Gasteiger partial charge in [0.15, 0.2) is 0 Å². The van der Waals surface area contributed by atoms with Crippen LogP contribution in [-0.4, -0.2) is 33.8 Å². The smallest absolute Gasteiger partial charge is 0.288 e. The average Bonchev–Trinajstić information content (AvgIpc) is 3.14. The van der Waals surface area contributed by atoms with Crippen LogP contribution in [0, 0.1) is 11.8 Å². The first-order valence-electron chi connectivity index (χ1n) is 7.83. The van der Waals surface area contributed by atoms with E-state index in [1.165, 1.54) is 0 Å². The van der Waals surface area contributed by atoms with Crippen molar-refractivity contribution >= 4 is 23.6 Å². The van der Waals surface area contributed by atoms with E-state index in [0.717, 1.165) is 28.6 Å². The van der Waals surface area contributed by atoms with Gasteiger partial charge in [-0.1, -0.05) is 12.1 Å². The summed E-state index contributed by atoms with van der Waals surface area (Å²) in [5, 5.41) is 7.63. The van der Waals surface area contributed by atoms with E-state index in [9.17, 15) is 0 Å².